The molecule has 0 saturated carbocycles. The van der Waals surface area contributed by atoms with Crippen LogP contribution < -0.4 is 4.74 Å². The maximum Gasteiger partial charge on any atom is 0.415 e. The molecule has 6 heteroatoms. The van der Waals surface area contributed by atoms with Crippen LogP contribution in [0, 0.1) is 5.82 Å². The van der Waals surface area contributed by atoms with Gasteiger partial charge in [0.2, 0.25) is 0 Å². The van der Waals surface area contributed by atoms with Crippen molar-refractivity contribution >= 4 is 28.6 Å². The Kier molecular flexibility index (Phi) is 3.53. The first-order chi connectivity index (χ1) is 9.65. The number of benzene rings is 1. The molecule has 4 nitrogen and oxygen atoms in total. The third kappa shape index (κ3) is 2.45. The van der Waals surface area contributed by atoms with Crippen molar-refractivity contribution < 1.29 is 13.9 Å². The summed E-state index contributed by atoms with van der Waals surface area (Å²) in [7, 11) is 0. The molecule has 0 atom stereocenters. The fourth-order valence-corrected chi connectivity index (χ4v) is 2.57. The third-order valence-corrected chi connectivity index (χ3v) is 3.79. The van der Waals surface area contributed by atoms with Gasteiger partial charge >= 0.3 is 6.09 Å². The standard InChI is InChI=1S/C14H14ClFN2O2/c15-10-6-9-12(7-11(10)16)17-8-13(9)20-14(19)18-4-2-1-3-5-18/h6-8,17H,1-5H2. The number of carbonyl (C=O) groups excluding carboxylic acids is 1. The number of nitrogens with zero attached hydrogens (tertiary/aromatic N) is 1. The third-order valence-electron chi connectivity index (χ3n) is 3.50. The fourth-order valence-electron chi connectivity index (χ4n) is 2.41. The molecule has 1 aromatic carbocycles. The summed E-state index contributed by atoms with van der Waals surface area (Å²) in [6, 6.07) is 2.75. The molecule has 2 aromatic rings. The SMILES string of the molecule is O=C(Oc1c[nH]c2cc(F)c(Cl)cc12)N1CCCCC1. The van der Waals surface area contributed by atoms with Gasteiger partial charge in [-0.3, -0.25) is 0 Å². The number of ether oxygens (including phenoxy) is 1. The van der Waals surface area contributed by atoms with Crippen LogP contribution in [0.15, 0.2) is 18.3 Å². The Hall–Kier alpha value is -1.75. The second kappa shape index (κ2) is 5.32. The van der Waals surface area contributed by atoms with Crippen molar-refractivity contribution in [2.75, 3.05) is 13.1 Å². The number of rotatable bonds is 1. The minimum Gasteiger partial charge on any atom is -0.408 e. The Morgan fingerprint density at radius 2 is 2.05 bits per heavy atom. The van der Waals surface area contributed by atoms with Crippen molar-refractivity contribution in [2.24, 2.45) is 0 Å². The molecule has 0 radical (unpaired) electrons. The molecule has 20 heavy (non-hydrogen) atoms. The van der Waals surface area contributed by atoms with Gasteiger partial charge < -0.3 is 14.6 Å². The summed E-state index contributed by atoms with van der Waals surface area (Å²) in [4.78, 5) is 16.6. The van der Waals surface area contributed by atoms with E-state index in [4.69, 9.17) is 16.3 Å². The van der Waals surface area contributed by atoms with Gasteiger partial charge in [-0.05, 0) is 31.4 Å². The summed E-state index contributed by atoms with van der Waals surface area (Å²) >= 11 is 5.76. The largest absolute Gasteiger partial charge is 0.415 e. The Morgan fingerprint density at radius 1 is 1.30 bits per heavy atom. The topological polar surface area (TPSA) is 45.3 Å². The highest BCUT2D eigenvalue weighted by atomic mass is 35.5. The average molecular weight is 297 g/mol. The Bertz CT molecular complexity index is 650. The lowest BCUT2D eigenvalue weighted by Gasteiger charge is -2.25. The zero-order chi connectivity index (χ0) is 14.1. The molecule has 2 heterocycles. The molecule has 0 spiro atoms. The summed E-state index contributed by atoms with van der Waals surface area (Å²) in [5.74, 6) is -0.132. The number of amides is 1. The maximum absolute atomic E-state index is 13.3. The van der Waals surface area contributed by atoms with Crippen molar-refractivity contribution in [3.63, 3.8) is 0 Å². The van der Waals surface area contributed by atoms with Crippen molar-refractivity contribution in [3.8, 4) is 5.75 Å². The van der Waals surface area contributed by atoms with Crippen LogP contribution in [0.5, 0.6) is 5.75 Å². The second-order valence-electron chi connectivity index (χ2n) is 4.88. The van der Waals surface area contributed by atoms with E-state index in [0.717, 1.165) is 32.4 Å². The van der Waals surface area contributed by atoms with Crippen molar-refractivity contribution in [3.05, 3.63) is 29.2 Å². The number of piperidine rings is 1. The van der Waals surface area contributed by atoms with Crippen molar-refractivity contribution in [1.29, 1.82) is 0 Å². The number of H-pyrrole nitrogens is 1. The van der Waals surface area contributed by atoms with Crippen LogP contribution in [0.2, 0.25) is 5.02 Å². The van der Waals surface area contributed by atoms with Gasteiger partial charge in [0.25, 0.3) is 0 Å². The highest BCUT2D eigenvalue weighted by molar-refractivity contribution is 6.31. The molecule has 1 aliphatic rings. The van der Waals surface area contributed by atoms with E-state index < -0.39 is 5.82 Å². The monoisotopic (exact) mass is 296 g/mol. The zero-order valence-electron chi connectivity index (χ0n) is 10.8. The molecule has 0 aliphatic carbocycles. The van der Waals surface area contributed by atoms with Crippen LogP contribution in [0.3, 0.4) is 0 Å². The molecule has 1 aromatic heterocycles. The van der Waals surface area contributed by atoms with E-state index in [1.165, 1.54) is 12.1 Å². The lowest BCUT2D eigenvalue weighted by molar-refractivity contribution is 0.143. The number of fused-ring (bicyclic) bond motifs is 1. The molecule has 3 rings (SSSR count). The van der Waals surface area contributed by atoms with Crippen LogP contribution in [0.1, 0.15) is 19.3 Å². The summed E-state index contributed by atoms with van der Waals surface area (Å²) in [5, 5.41) is 0.606. The molecular formula is C14H14ClFN2O2. The van der Waals surface area contributed by atoms with Crippen LogP contribution >= 0.6 is 11.6 Å². The Morgan fingerprint density at radius 3 is 2.80 bits per heavy atom. The number of hydrogen-bond donors (Lipinski definition) is 1. The highest BCUT2D eigenvalue weighted by Gasteiger charge is 2.20. The normalized spacial score (nSPS) is 15.6. The van der Waals surface area contributed by atoms with Gasteiger partial charge in [0, 0.05) is 24.7 Å². The van der Waals surface area contributed by atoms with E-state index >= 15 is 0 Å². The first-order valence-electron chi connectivity index (χ1n) is 6.58. The Labute approximate surface area is 120 Å². The molecule has 0 bridgehead atoms. The molecule has 1 N–H and O–H groups in total. The number of nitrogens with one attached hydrogen (secondary N) is 1. The minimum atomic E-state index is -0.505. The van der Waals surface area contributed by atoms with E-state index in [0.29, 0.717) is 16.7 Å². The lowest BCUT2D eigenvalue weighted by atomic mass is 10.1. The van der Waals surface area contributed by atoms with Crippen molar-refractivity contribution in [2.45, 2.75) is 19.3 Å². The summed E-state index contributed by atoms with van der Waals surface area (Å²) in [6.45, 7) is 1.44. The molecule has 1 aliphatic heterocycles. The number of likely N-dealkylation sites (tertiary alicyclic amines) is 1. The minimum absolute atomic E-state index is 0.00683. The molecule has 106 valence electrons. The summed E-state index contributed by atoms with van der Waals surface area (Å²) in [5.41, 5.74) is 0.549. The zero-order valence-corrected chi connectivity index (χ0v) is 11.5. The first kappa shape index (κ1) is 13.2. The van der Waals surface area contributed by atoms with Crippen LogP contribution in [-0.4, -0.2) is 29.1 Å². The van der Waals surface area contributed by atoms with Gasteiger partial charge in [-0.25, -0.2) is 9.18 Å². The summed E-state index contributed by atoms with van der Waals surface area (Å²) in [6.07, 6.45) is 4.32. The van der Waals surface area contributed by atoms with Gasteiger partial charge in [-0.15, -0.1) is 0 Å². The molecule has 1 saturated heterocycles. The van der Waals surface area contributed by atoms with Crippen LogP contribution in [0.4, 0.5) is 9.18 Å². The quantitative estimate of drug-likeness (QED) is 0.866. The lowest BCUT2D eigenvalue weighted by Crippen LogP contribution is -2.37. The smallest absolute Gasteiger partial charge is 0.408 e. The van der Waals surface area contributed by atoms with Gasteiger partial charge in [-0.1, -0.05) is 11.6 Å². The predicted molar refractivity (Wildman–Crippen MR) is 74.7 cm³/mol. The molecular weight excluding hydrogens is 283 g/mol. The average Bonchev–Trinajstić information content (AvgIpc) is 2.83. The van der Waals surface area contributed by atoms with Crippen LogP contribution in [0.25, 0.3) is 10.9 Å². The van der Waals surface area contributed by atoms with Crippen molar-refractivity contribution in [1.82, 2.24) is 9.88 Å². The van der Waals surface area contributed by atoms with Gasteiger partial charge in [0.15, 0.2) is 5.75 Å². The number of aromatic amines is 1. The van der Waals surface area contributed by atoms with E-state index in [9.17, 15) is 9.18 Å². The second-order valence-corrected chi connectivity index (χ2v) is 5.29. The van der Waals surface area contributed by atoms with Gasteiger partial charge in [-0.2, -0.15) is 0 Å². The summed E-state index contributed by atoms with van der Waals surface area (Å²) < 4.78 is 18.7. The number of aromatic nitrogens is 1. The Balaban J connectivity index is 1.83. The number of carbonyl (C=O) groups is 1. The van der Waals surface area contributed by atoms with E-state index in [2.05, 4.69) is 4.98 Å². The fraction of sp³-hybridized carbons (Fsp3) is 0.357. The van der Waals surface area contributed by atoms with Gasteiger partial charge in [0.05, 0.1) is 10.5 Å². The van der Waals surface area contributed by atoms with E-state index in [-0.39, 0.29) is 11.1 Å². The van der Waals surface area contributed by atoms with Crippen LogP contribution in [-0.2, 0) is 0 Å². The van der Waals surface area contributed by atoms with E-state index in [1.54, 1.807) is 11.1 Å². The van der Waals surface area contributed by atoms with E-state index in [1.807, 2.05) is 0 Å². The predicted octanol–water partition coefficient (Wildman–Crippen LogP) is 3.95. The highest BCUT2D eigenvalue weighted by Crippen LogP contribution is 2.30. The molecule has 1 amide bonds. The maximum atomic E-state index is 13.3. The molecule has 1 fully saturated rings. The number of hydrogen-bond acceptors (Lipinski definition) is 2. The molecule has 0 unspecified atom stereocenters. The number of halogens is 2. The van der Waals surface area contributed by atoms with Gasteiger partial charge in [0.1, 0.15) is 5.82 Å². The first-order valence-corrected chi connectivity index (χ1v) is 6.96.